The summed E-state index contributed by atoms with van der Waals surface area (Å²) < 4.78 is 0. The van der Waals surface area contributed by atoms with Crippen LogP contribution in [-0.2, 0) is 0 Å². The second kappa shape index (κ2) is 5.51. The van der Waals surface area contributed by atoms with Crippen molar-refractivity contribution < 1.29 is 0 Å². The van der Waals surface area contributed by atoms with Gasteiger partial charge in [0.2, 0.25) is 0 Å². The highest BCUT2D eigenvalue weighted by molar-refractivity contribution is 6.33. The van der Waals surface area contributed by atoms with Gasteiger partial charge in [-0.15, -0.1) is 11.6 Å². The maximum atomic E-state index is 5.38. The average molecular weight is 121 g/mol. The quantitative estimate of drug-likeness (QED) is 0.303. The van der Waals surface area contributed by atoms with Crippen LogP contribution in [-0.4, -0.2) is 15.4 Å². The molecule has 0 fully saturated rings. The summed E-state index contributed by atoms with van der Waals surface area (Å²) in [4.78, 5) is 0. The van der Waals surface area contributed by atoms with Gasteiger partial charge in [-0.1, -0.05) is 12.6 Å². The minimum absolute atomic E-state index is 0.834. The van der Waals surface area contributed by atoms with E-state index in [0.29, 0.717) is 0 Å². The molecule has 0 bridgehead atoms. The van der Waals surface area contributed by atoms with Gasteiger partial charge >= 0.3 is 0 Å². The van der Waals surface area contributed by atoms with Crippen molar-refractivity contribution in [3.8, 4) is 0 Å². The molecule has 2 radical (unpaired) electrons. The standard InChI is InChI=1S/C4H9ClSi/c1-6-4-2-3-5/h2-4H2,1H3. The third kappa shape index (κ3) is 4.51. The van der Waals surface area contributed by atoms with Gasteiger partial charge in [-0.2, -0.15) is 0 Å². The molecule has 0 saturated carbocycles. The van der Waals surface area contributed by atoms with Gasteiger partial charge in [0.25, 0.3) is 0 Å². The predicted octanol–water partition coefficient (Wildman–Crippen LogP) is 1.79. The monoisotopic (exact) mass is 120 g/mol. The fraction of sp³-hybridized carbons (Fsp3) is 1.00. The van der Waals surface area contributed by atoms with E-state index in [1.165, 1.54) is 12.5 Å². The molecule has 0 spiro atoms. The second-order valence-corrected chi connectivity index (χ2v) is 2.73. The number of alkyl halides is 1. The van der Waals surface area contributed by atoms with E-state index in [9.17, 15) is 0 Å². The maximum Gasteiger partial charge on any atom is 0.0343 e. The van der Waals surface area contributed by atoms with Crippen molar-refractivity contribution in [1.82, 2.24) is 0 Å². The third-order valence-electron chi connectivity index (χ3n) is 0.560. The molecule has 0 aromatic heterocycles. The minimum atomic E-state index is 0.834. The molecule has 0 aliphatic heterocycles. The Morgan fingerprint density at radius 2 is 2.33 bits per heavy atom. The Morgan fingerprint density at radius 1 is 1.67 bits per heavy atom. The van der Waals surface area contributed by atoms with E-state index in [4.69, 9.17) is 11.6 Å². The molecule has 0 saturated heterocycles. The van der Waals surface area contributed by atoms with Crippen LogP contribution in [0.2, 0.25) is 12.6 Å². The SMILES string of the molecule is C[Si]CCCCl. The lowest BCUT2D eigenvalue weighted by molar-refractivity contribution is 1.08. The molecule has 0 heterocycles. The van der Waals surface area contributed by atoms with Crippen molar-refractivity contribution in [1.29, 1.82) is 0 Å². The summed E-state index contributed by atoms with van der Waals surface area (Å²) in [6.45, 7) is 2.20. The molecular weight excluding hydrogens is 112 g/mol. The Morgan fingerprint density at radius 3 is 2.50 bits per heavy atom. The Labute approximate surface area is 46.7 Å². The van der Waals surface area contributed by atoms with E-state index < -0.39 is 0 Å². The van der Waals surface area contributed by atoms with E-state index >= 15 is 0 Å². The summed E-state index contributed by atoms with van der Waals surface area (Å²) in [6.07, 6.45) is 1.19. The molecule has 0 aliphatic rings. The summed E-state index contributed by atoms with van der Waals surface area (Å²) in [5.41, 5.74) is 0. The van der Waals surface area contributed by atoms with Gasteiger partial charge < -0.3 is 0 Å². The fourth-order valence-corrected chi connectivity index (χ4v) is 1.13. The molecule has 0 nitrogen and oxygen atoms in total. The van der Waals surface area contributed by atoms with E-state index in [1.807, 2.05) is 0 Å². The third-order valence-corrected chi connectivity index (χ3v) is 1.68. The smallest absolute Gasteiger partial charge is 0.0343 e. The highest BCUT2D eigenvalue weighted by atomic mass is 35.5. The van der Waals surface area contributed by atoms with Gasteiger partial charge in [0.15, 0.2) is 0 Å². The lowest BCUT2D eigenvalue weighted by Gasteiger charge is -1.83. The van der Waals surface area contributed by atoms with Crippen LogP contribution in [0.3, 0.4) is 0 Å². The summed E-state index contributed by atoms with van der Waals surface area (Å²) in [5, 5.41) is 0. The normalized spacial score (nSPS) is 9.00. The molecule has 36 valence electrons. The van der Waals surface area contributed by atoms with Crippen molar-refractivity contribution in [2.24, 2.45) is 0 Å². The lowest BCUT2D eigenvalue weighted by Crippen LogP contribution is -1.79. The van der Waals surface area contributed by atoms with E-state index in [0.717, 1.165) is 15.4 Å². The molecule has 0 atom stereocenters. The predicted molar refractivity (Wildman–Crippen MR) is 31.8 cm³/mol. The fourth-order valence-electron chi connectivity index (χ4n) is 0.244. The molecule has 0 aliphatic carbocycles. The molecule has 0 amide bonds. The van der Waals surface area contributed by atoms with Crippen LogP contribution in [0, 0.1) is 0 Å². The van der Waals surface area contributed by atoms with E-state index in [2.05, 4.69) is 6.55 Å². The van der Waals surface area contributed by atoms with Crippen LogP contribution < -0.4 is 0 Å². The van der Waals surface area contributed by atoms with Crippen molar-refractivity contribution in [2.45, 2.75) is 19.0 Å². The Bertz CT molecular complexity index is 19.5. The molecule has 0 aromatic rings. The van der Waals surface area contributed by atoms with Gasteiger partial charge in [-0.05, 0) is 6.42 Å². The Hall–Kier alpha value is 0.507. The molecule has 0 N–H and O–H groups in total. The summed E-state index contributed by atoms with van der Waals surface area (Å²) in [7, 11) is 1.08. The van der Waals surface area contributed by atoms with Crippen LogP contribution in [0.5, 0.6) is 0 Å². The van der Waals surface area contributed by atoms with Crippen LogP contribution in [0.25, 0.3) is 0 Å². The first-order valence-corrected chi connectivity index (χ1v) is 4.36. The summed E-state index contributed by atoms with van der Waals surface area (Å²) >= 11 is 5.38. The highest BCUT2D eigenvalue weighted by Crippen LogP contribution is 1.89. The van der Waals surface area contributed by atoms with Gasteiger partial charge in [0.1, 0.15) is 0 Å². The molecule has 0 unspecified atom stereocenters. The summed E-state index contributed by atoms with van der Waals surface area (Å²) in [6, 6.07) is 1.31. The van der Waals surface area contributed by atoms with Crippen molar-refractivity contribution >= 4 is 21.1 Å². The van der Waals surface area contributed by atoms with Crippen molar-refractivity contribution in [3.63, 3.8) is 0 Å². The largest absolute Gasteiger partial charge is 0.127 e. The molecule has 2 heteroatoms. The van der Waals surface area contributed by atoms with Crippen LogP contribution in [0.1, 0.15) is 6.42 Å². The van der Waals surface area contributed by atoms with Crippen LogP contribution in [0.4, 0.5) is 0 Å². The first kappa shape index (κ1) is 6.51. The maximum absolute atomic E-state index is 5.38. The number of rotatable bonds is 3. The average Bonchev–Trinajstić information content (AvgIpc) is 1.61. The van der Waals surface area contributed by atoms with Crippen molar-refractivity contribution in [3.05, 3.63) is 0 Å². The zero-order valence-electron chi connectivity index (χ0n) is 4.00. The molecule has 0 rings (SSSR count). The van der Waals surface area contributed by atoms with Gasteiger partial charge in [-0.25, -0.2) is 0 Å². The Balaban J connectivity index is 2.34. The number of hydrogen-bond donors (Lipinski definition) is 0. The molecular formula is C4H9ClSi. The first-order valence-electron chi connectivity index (χ1n) is 2.12. The molecule has 0 aromatic carbocycles. The lowest BCUT2D eigenvalue weighted by atomic mass is 10.6. The van der Waals surface area contributed by atoms with Crippen LogP contribution in [0.15, 0.2) is 0 Å². The molecule has 6 heavy (non-hydrogen) atoms. The topological polar surface area (TPSA) is 0 Å². The van der Waals surface area contributed by atoms with Crippen molar-refractivity contribution in [2.75, 3.05) is 5.88 Å². The summed E-state index contributed by atoms with van der Waals surface area (Å²) in [5.74, 6) is 0.834. The van der Waals surface area contributed by atoms with E-state index in [-0.39, 0.29) is 0 Å². The van der Waals surface area contributed by atoms with E-state index in [1.54, 1.807) is 0 Å². The second-order valence-electron chi connectivity index (χ2n) is 1.15. The highest BCUT2D eigenvalue weighted by Gasteiger charge is 1.78. The minimum Gasteiger partial charge on any atom is -0.127 e. The number of hydrogen-bond acceptors (Lipinski definition) is 0. The van der Waals surface area contributed by atoms with Gasteiger partial charge in [0, 0.05) is 15.4 Å². The number of halogens is 1. The van der Waals surface area contributed by atoms with Gasteiger partial charge in [-0.3, -0.25) is 0 Å². The Kier molecular flexibility index (Phi) is 5.97. The van der Waals surface area contributed by atoms with Crippen LogP contribution >= 0.6 is 11.6 Å². The zero-order valence-corrected chi connectivity index (χ0v) is 5.76. The first-order chi connectivity index (χ1) is 2.91. The zero-order chi connectivity index (χ0) is 4.83. The van der Waals surface area contributed by atoms with Gasteiger partial charge in [0.05, 0.1) is 0 Å².